The molecule has 0 bridgehead atoms. The number of nitrogens with zero attached hydrogens (tertiary/aromatic N) is 1. The lowest BCUT2D eigenvalue weighted by Crippen LogP contribution is -2.39. The Labute approximate surface area is 212 Å². The Morgan fingerprint density at radius 2 is 1.83 bits per heavy atom. The molecule has 4 aromatic rings. The second-order valence-corrected chi connectivity index (χ2v) is 9.40. The Morgan fingerprint density at radius 1 is 1.06 bits per heavy atom. The summed E-state index contributed by atoms with van der Waals surface area (Å²) in [5.41, 5.74) is 4.85. The summed E-state index contributed by atoms with van der Waals surface area (Å²) in [6.45, 7) is 5.74. The molecule has 0 aromatic heterocycles. The lowest BCUT2D eigenvalue weighted by Gasteiger charge is -2.37. The third-order valence-electron chi connectivity index (χ3n) is 6.84. The van der Waals surface area contributed by atoms with Crippen molar-refractivity contribution in [1.82, 2.24) is 5.32 Å². The van der Waals surface area contributed by atoms with Crippen molar-refractivity contribution in [3.05, 3.63) is 102 Å². The number of carbonyl (C=O) groups excluding carboxylic acids is 1. The summed E-state index contributed by atoms with van der Waals surface area (Å²) in [5.74, 6) is 0.529. The van der Waals surface area contributed by atoms with Crippen LogP contribution in [0.1, 0.15) is 40.9 Å². The maximum atomic E-state index is 12.2. The Morgan fingerprint density at radius 3 is 2.69 bits per heavy atom. The largest absolute Gasteiger partial charge is 0.486 e. The van der Waals surface area contributed by atoms with E-state index < -0.39 is 0 Å². The number of rotatable bonds is 7. The van der Waals surface area contributed by atoms with E-state index in [-0.39, 0.29) is 18.1 Å². The van der Waals surface area contributed by atoms with E-state index in [0.29, 0.717) is 12.1 Å². The van der Waals surface area contributed by atoms with Gasteiger partial charge in [0.1, 0.15) is 11.9 Å². The molecule has 1 aliphatic heterocycles. The van der Waals surface area contributed by atoms with Gasteiger partial charge in [-0.25, -0.2) is 4.79 Å². The lowest BCUT2D eigenvalue weighted by atomic mass is 9.99. The van der Waals surface area contributed by atoms with Gasteiger partial charge in [-0.3, -0.25) is 0 Å². The molecule has 0 saturated carbocycles. The fraction of sp³-hybridized carbons (Fsp3) is 0.258. The smallest absolute Gasteiger partial charge is 0.337 e. The highest BCUT2D eigenvalue weighted by Gasteiger charge is 2.27. The molecule has 1 heterocycles. The van der Waals surface area contributed by atoms with Crippen molar-refractivity contribution in [1.29, 1.82) is 0 Å². The molecule has 2 unspecified atom stereocenters. The van der Waals surface area contributed by atoms with E-state index in [2.05, 4.69) is 71.7 Å². The zero-order valence-corrected chi connectivity index (χ0v) is 21.0. The summed E-state index contributed by atoms with van der Waals surface area (Å²) < 4.78 is 11.4. The maximum Gasteiger partial charge on any atom is 0.337 e. The average Bonchev–Trinajstić information content (AvgIpc) is 2.91. The maximum absolute atomic E-state index is 12.2. The normalized spacial score (nSPS) is 15.8. The minimum Gasteiger partial charge on any atom is -0.486 e. The molecule has 1 N–H and O–H groups in total. The molecular weight excluding hydrogens is 448 g/mol. The van der Waals surface area contributed by atoms with Crippen molar-refractivity contribution in [3.63, 3.8) is 0 Å². The predicted molar refractivity (Wildman–Crippen MR) is 145 cm³/mol. The molecule has 36 heavy (non-hydrogen) atoms. The predicted octanol–water partition coefficient (Wildman–Crippen LogP) is 6.57. The number of nitrogens with one attached hydrogen (secondary N) is 1. The number of carbonyl (C=O) groups is 1. The van der Waals surface area contributed by atoms with Crippen LogP contribution in [0.2, 0.25) is 0 Å². The van der Waals surface area contributed by atoms with Crippen molar-refractivity contribution in [2.75, 3.05) is 25.1 Å². The van der Waals surface area contributed by atoms with Gasteiger partial charge in [-0.1, -0.05) is 54.6 Å². The lowest BCUT2D eigenvalue weighted by molar-refractivity contribution is 0.0600. The van der Waals surface area contributed by atoms with Crippen LogP contribution in [0.3, 0.4) is 0 Å². The van der Waals surface area contributed by atoms with E-state index in [0.717, 1.165) is 35.7 Å². The molecule has 184 valence electrons. The zero-order chi connectivity index (χ0) is 25.1. The van der Waals surface area contributed by atoms with Crippen LogP contribution in [0.25, 0.3) is 10.8 Å². The second kappa shape index (κ2) is 10.4. The Bertz CT molecular complexity index is 1380. The van der Waals surface area contributed by atoms with E-state index in [1.165, 1.54) is 23.4 Å². The van der Waals surface area contributed by atoms with Gasteiger partial charge in [0.15, 0.2) is 0 Å². The van der Waals surface area contributed by atoms with E-state index in [1.807, 2.05) is 37.3 Å². The number of ether oxygens (including phenoxy) is 2. The number of fused-ring (bicyclic) bond motifs is 2. The van der Waals surface area contributed by atoms with Gasteiger partial charge in [0, 0.05) is 11.7 Å². The third kappa shape index (κ3) is 4.93. The summed E-state index contributed by atoms with van der Waals surface area (Å²) in [6, 6.07) is 29.2. The van der Waals surface area contributed by atoms with Gasteiger partial charge in [-0.05, 0) is 79.0 Å². The summed E-state index contributed by atoms with van der Waals surface area (Å²) in [4.78, 5) is 14.5. The number of hydrogen-bond donors (Lipinski definition) is 1. The molecule has 0 radical (unpaired) electrons. The number of benzene rings is 4. The topological polar surface area (TPSA) is 50.8 Å². The van der Waals surface area contributed by atoms with Gasteiger partial charge in [0.2, 0.25) is 0 Å². The van der Waals surface area contributed by atoms with Crippen LogP contribution in [-0.4, -0.2) is 32.3 Å². The second-order valence-electron chi connectivity index (χ2n) is 9.40. The highest BCUT2D eigenvalue weighted by molar-refractivity contribution is 5.91. The third-order valence-corrected chi connectivity index (χ3v) is 6.84. The molecule has 1 aliphatic rings. The average molecular weight is 481 g/mol. The van der Waals surface area contributed by atoms with Crippen LogP contribution >= 0.6 is 0 Å². The molecule has 0 saturated heterocycles. The first-order chi connectivity index (χ1) is 17.5. The summed E-state index contributed by atoms with van der Waals surface area (Å²) >= 11 is 0. The molecule has 0 aliphatic carbocycles. The molecule has 0 fully saturated rings. The van der Waals surface area contributed by atoms with Gasteiger partial charge in [-0.2, -0.15) is 0 Å². The van der Waals surface area contributed by atoms with Crippen LogP contribution < -0.4 is 15.0 Å². The Balaban J connectivity index is 1.32. The van der Waals surface area contributed by atoms with Crippen LogP contribution in [0.15, 0.2) is 84.9 Å². The number of methoxy groups -OCH3 is 1. The molecule has 4 aromatic carbocycles. The standard InChI is InChI=1S/C31H32N2O3/c1-21-17-24(31(34)35-3)19-25(18-21)33-20-26(36-30-14-7-6-13-29(30)33)15-16-32-22(2)27-12-8-10-23-9-4-5-11-28(23)27/h4-14,17-19,22,26,32H,15-16,20H2,1-3H3. The van der Waals surface area contributed by atoms with Crippen molar-refractivity contribution in [3.8, 4) is 5.75 Å². The number of hydrogen-bond acceptors (Lipinski definition) is 5. The van der Waals surface area contributed by atoms with E-state index in [1.54, 1.807) is 0 Å². The molecule has 5 rings (SSSR count). The fourth-order valence-electron chi connectivity index (χ4n) is 5.05. The SMILES string of the molecule is COC(=O)c1cc(C)cc(N2CC(CCNC(C)c3cccc4ccccc34)Oc3ccccc32)c1. The van der Waals surface area contributed by atoms with Gasteiger partial charge >= 0.3 is 5.97 Å². The van der Waals surface area contributed by atoms with Crippen LogP contribution in [-0.2, 0) is 4.74 Å². The first-order valence-corrected chi connectivity index (χ1v) is 12.5. The molecule has 0 amide bonds. The van der Waals surface area contributed by atoms with Gasteiger partial charge in [0.05, 0.1) is 24.9 Å². The number of para-hydroxylation sites is 2. The number of anilines is 2. The zero-order valence-electron chi connectivity index (χ0n) is 21.0. The summed E-state index contributed by atoms with van der Waals surface area (Å²) in [7, 11) is 1.41. The fourth-order valence-corrected chi connectivity index (χ4v) is 5.05. The van der Waals surface area contributed by atoms with E-state index in [4.69, 9.17) is 9.47 Å². The number of aryl methyl sites for hydroxylation is 1. The monoisotopic (exact) mass is 480 g/mol. The first kappa shape index (κ1) is 23.9. The first-order valence-electron chi connectivity index (χ1n) is 12.5. The summed E-state index contributed by atoms with van der Waals surface area (Å²) in [5, 5.41) is 6.25. The van der Waals surface area contributed by atoms with Gasteiger partial charge in [0.25, 0.3) is 0 Å². The molecule has 5 nitrogen and oxygen atoms in total. The van der Waals surface area contributed by atoms with Crippen molar-refractivity contribution >= 4 is 28.1 Å². The van der Waals surface area contributed by atoms with Crippen LogP contribution in [0.5, 0.6) is 5.75 Å². The van der Waals surface area contributed by atoms with Crippen molar-refractivity contribution < 1.29 is 14.3 Å². The summed E-state index contributed by atoms with van der Waals surface area (Å²) in [6.07, 6.45) is 0.865. The van der Waals surface area contributed by atoms with E-state index in [9.17, 15) is 4.79 Å². The molecular formula is C31H32N2O3. The minimum absolute atomic E-state index is 0.00852. The van der Waals surface area contributed by atoms with Gasteiger partial charge in [-0.15, -0.1) is 0 Å². The molecule has 5 heteroatoms. The van der Waals surface area contributed by atoms with E-state index >= 15 is 0 Å². The minimum atomic E-state index is -0.329. The highest BCUT2D eigenvalue weighted by atomic mass is 16.5. The highest BCUT2D eigenvalue weighted by Crippen LogP contribution is 2.39. The molecule has 0 spiro atoms. The molecule has 2 atom stereocenters. The van der Waals surface area contributed by atoms with Crippen LogP contribution in [0.4, 0.5) is 11.4 Å². The van der Waals surface area contributed by atoms with Crippen molar-refractivity contribution in [2.45, 2.75) is 32.4 Å². The van der Waals surface area contributed by atoms with Crippen molar-refractivity contribution in [2.24, 2.45) is 0 Å². The van der Waals surface area contributed by atoms with Gasteiger partial charge < -0.3 is 19.7 Å². The number of esters is 1. The van der Waals surface area contributed by atoms with Crippen LogP contribution in [0, 0.1) is 6.92 Å². The quantitative estimate of drug-likeness (QED) is 0.303. The Hall–Kier alpha value is -3.83. The Kier molecular flexibility index (Phi) is 6.92.